The molecule has 2 amide bonds. The average molecular weight is 418 g/mol. The molecule has 0 saturated heterocycles. The number of para-hydroxylation sites is 1. The molecule has 1 atom stereocenters. The summed E-state index contributed by atoms with van der Waals surface area (Å²) in [4.78, 5) is 31.7. The van der Waals surface area contributed by atoms with E-state index in [0.29, 0.717) is 23.7 Å². The Bertz CT molecular complexity index is 1120. The van der Waals surface area contributed by atoms with Crippen molar-refractivity contribution in [1.29, 1.82) is 0 Å². The summed E-state index contributed by atoms with van der Waals surface area (Å²) in [5.74, 6) is 0.224. The molecule has 1 aromatic heterocycles. The van der Waals surface area contributed by atoms with Gasteiger partial charge in [0.1, 0.15) is 5.76 Å². The molecule has 8 heteroatoms. The van der Waals surface area contributed by atoms with E-state index in [0.717, 1.165) is 11.1 Å². The molecule has 158 valence electrons. The van der Waals surface area contributed by atoms with Gasteiger partial charge in [-0.3, -0.25) is 10.1 Å². The zero-order valence-corrected chi connectivity index (χ0v) is 17.2. The number of nitrogens with zero attached hydrogens (tertiary/aromatic N) is 2. The quantitative estimate of drug-likeness (QED) is 0.663. The number of anilines is 1. The van der Waals surface area contributed by atoms with Crippen LogP contribution < -0.4 is 15.4 Å². The number of fused-ring (bicyclic) bond motifs is 1. The summed E-state index contributed by atoms with van der Waals surface area (Å²) in [6, 6.07) is 20.1. The van der Waals surface area contributed by atoms with Crippen LogP contribution >= 0.6 is 0 Å². The number of ether oxygens (including phenoxy) is 1. The van der Waals surface area contributed by atoms with Gasteiger partial charge in [-0.15, -0.1) is 0 Å². The van der Waals surface area contributed by atoms with Crippen LogP contribution in [0.5, 0.6) is 5.95 Å². The van der Waals surface area contributed by atoms with Gasteiger partial charge in [0.05, 0.1) is 17.9 Å². The summed E-state index contributed by atoms with van der Waals surface area (Å²) in [5.41, 5.74) is 2.79. The fourth-order valence-corrected chi connectivity index (χ4v) is 3.22. The molecule has 0 spiro atoms. The molecule has 2 aromatic carbocycles. The number of rotatable bonds is 5. The summed E-state index contributed by atoms with van der Waals surface area (Å²) < 4.78 is 10.7. The van der Waals surface area contributed by atoms with E-state index in [1.54, 1.807) is 18.2 Å². The number of carbonyl (C=O) groups excluding carboxylic acids is 2. The van der Waals surface area contributed by atoms with E-state index in [1.807, 2.05) is 67.5 Å². The standard InChI is InChI=1S/C23H22N4O4/c1-27(2)14-16-12-13-19(30-16)31-23(29)26-21-22(28)24-18-11-7-6-10-17(18)20(25-21)15-8-4-3-5-9-15/h3-13,21H,14H2,1-2H3,(H,24,28)(H,26,29)/t21-/m1/s1. The summed E-state index contributed by atoms with van der Waals surface area (Å²) in [6.45, 7) is 0.568. The zero-order valence-electron chi connectivity index (χ0n) is 17.2. The summed E-state index contributed by atoms with van der Waals surface area (Å²) in [5, 5.41) is 5.33. The van der Waals surface area contributed by atoms with Crippen molar-refractivity contribution >= 4 is 23.4 Å². The Morgan fingerprint density at radius 1 is 1.10 bits per heavy atom. The largest absolute Gasteiger partial charge is 0.429 e. The SMILES string of the molecule is CN(C)Cc1ccc(OC(=O)N[C@H]2N=C(c3ccccc3)c3ccccc3NC2=O)o1. The molecule has 0 radical (unpaired) electrons. The van der Waals surface area contributed by atoms with Gasteiger partial charge in [0.2, 0.25) is 6.17 Å². The van der Waals surface area contributed by atoms with Crippen LogP contribution in [0, 0.1) is 0 Å². The van der Waals surface area contributed by atoms with Crippen LogP contribution in [0.1, 0.15) is 16.9 Å². The molecule has 2 heterocycles. The van der Waals surface area contributed by atoms with Gasteiger partial charge in [-0.05, 0) is 26.2 Å². The van der Waals surface area contributed by atoms with Crippen LogP contribution in [-0.2, 0) is 11.3 Å². The third-order valence-corrected chi connectivity index (χ3v) is 4.55. The van der Waals surface area contributed by atoms with E-state index in [4.69, 9.17) is 9.15 Å². The molecular formula is C23H22N4O4. The van der Waals surface area contributed by atoms with E-state index < -0.39 is 18.2 Å². The molecule has 0 saturated carbocycles. The highest BCUT2D eigenvalue weighted by molar-refractivity contribution is 6.19. The topological polar surface area (TPSA) is 96.2 Å². The van der Waals surface area contributed by atoms with Crippen molar-refractivity contribution in [2.45, 2.75) is 12.7 Å². The molecule has 0 unspecified atom stereocenters. The maximum atomic E-state index is 12.7. The van der Waals surface area contributed by atoms with Gasteiger partial charge in [0.15, 0.2) is 0 Å². The number of nitrogens with one attached hydrogen (secondary N) is 2. The first-order valence-electron chi connectivity index (χ1n) is 9.75. The molecule has 8 nitrogen and oxygen atoms in total. The lowest BCUT2D eigenvalue weighted by atomic mass is 10.0. The minimum atomic E-state index is -1.17. The van der Waals surface area contributed by atoms with Gasteiger partial charge in [-0.25, -0.2) is 9.79 Å². The van der Waals surface area contributed by atoms with E-state index in [1.165, 1.54) is 0 Å². The number of benzodiazepines with no additional fused rings is 1. The summed E-state index contributed by atoms with van der Waals surface area (Å²) in [6.07, 6.45) is -2.01. The lowest BCUT2D eigenvalue weighted by Crippen LogP contribution is -2.43. The van der Waals surface area contributed by atoms with Crippen molar-refractivity contribution in [3.63, 3.8) is 0 Å². The third kappa shape index (κ3) is 4.81. The first kappa shape index (κ1) is 20.4. The lowest BCUT2D eigenvalue weighted by Gasteiger charge is -2.12. The predicted octanol–water partition coefficient (Wildman–Crippen LogP) is 3.25. The highest BCUT2D eigenvalue weighted by Crippen LogP contribution is 2.24. The number of aliphatic imine (C=N–C) groups is 1. The maximum Gasteiger partial charge on any atom is 0.417 e. The summed E-state index contributed by atoms with van der Waals surface area (Å²) in [7, 11) is 3.81. The fourth-order valence-electron chi connectivity index (χ4n) is 3.22. The van der Waals surface area contributed by atoms with Crippen LogP contribution in [0.15, 0.2) is 76.1 Å². The fraction of sp³-hybridized carbons (Fsp3) is 0.174. The van der Waals surface area contributed by atoms with Crippen molar-refractivity contribution in [2.75, 3.05) is 19.4 Å². The van der Waals surface area contributed by atoms with Crippen molar-refractivity contribution in [2.24, 2.45) is 4.99 Å². The minimum Gasteiger partial charge on any atom is -0.429 e. The Kier molecular flexibility index (Phi) is 5.81. The first-order chi connectivity index (χ1) is 15.0. The van der Waals surface area contributed by atoms with Gasteiger partial charge in [0.25, 0.3) is 11.9 Å². The molecule has 0 bridgehead atoms. The van der Waals surface area contributed by atoms with Crippen LogP contribution in [-0.4, -0.2) is 42.9 Å². The minimum absolute atomic E-state index is 0.0407. The molecule has 2 N–H and O–H groups in total. The van der Waals surface area contributed by atoms with Crippen molar-refractivity contribution < 1.29 is 18.7 Å². The molecule has 4 rings (SSSR count). The molecule has 31 heavy (non-hydrogen) atoms. The van der Waals surface area contributed by atoms with Crippen LogP contribution in [0.25, 0.3) is 0 Å². The molecule has 1 aliphatic heterocycles. The van der Waals surface area contributed by atoms with E-state index in [-0.39, 0.29) is 5.95 Å². The average Bonchev–Trinajstić information content (AvgIpc) is 3.12. The van der Waals surface area contributed by atoms with Crippen LogP contribution in [0.2, 0.25) is 0 Å². The Morgan fingerprint density at radius 2 is 1.84 bits per heavy atom. The Morgan fingerprint density at radius 3 is 2.61 bits per heavy atom. The Balaban J connectivity index is 1.57. The van der Waals surface area contributed by atoms with Crippen molar-refractivity contribution in [1.82, 2.24) is 10.2 Å². The van der Waals surface area contributed by atoms with Crippen LogP contribution in [0.4, 0.5) is 10.5 Å². The molecule has 1 aliphatic rings. The highest BCUT2D eigenvalue weighted by atomic mass is 16.6. The normalized spacial score (nSPS) is 15.5. The van der Waals surface area contributed by atoms with Gasteiger partial charge in [-0.2, -0.15) is 0 Å². The maximum absolute atomic E-state index is 12.7. The van der Waals surface area contributed by atoms with Crippen LogP contribution in [0.3, 0.4) is 0 Å². The number of hydrogen-bond donors (Lipinski definition) is 2. The Labute approximate surface area is 179 Å². The van der Waals surface area contributed by atoms with Gasteiger partial charge >= 0.3 is 6.09 Å². The number of furan rings is 1. The predicted molar refractivity (Wildman–Crippen MR) is 116 cm³/mol. The smallest absolute Gasteiger partial charge is 0.417 e. The molecule has 3 aromatic rings. The zero-order chi connectivity index (χ0) is 21.8. The third-order valence-electron chi connectivity index (χ3n) is 4.55. The van der Waals surface area contributed by atoms with Gasteiger partial charge in [0, 0.05) is 17.2 Å². The van der Waals surface area contributed by atoms with E-state index >= 15 is 0 Å². The highest BCUT2D eigenvalue weighted by Gasteiger charge is 2.27. The Hall–Kier alpha value is -3.91. The molecule has 0 fully saturated rings. The lowest BCUT2D eigenvalue weighted by molar-refractivity contribution is -0.117. The number of amides is 2. The van der Waals surface area contributed by atoms with E-state index in [9.17, 15) is 9.59 Å². The van der Waals surface area contributed by atoms with Gasteiger partial charge in [-0.1, -0.05) is 48.5 Å². The molecular weight excluding hydrogens is 396 g/mol. The second-order valence-corrected chi connectivity index (χ2v) is 7.27. The number of benzene rings is 2. The second-order valence-electron chi connectivity index (χ2n) is 7.27. The van der Waals surface area contributed by atoms with Crippen molar-refractivity contribution in [3.05, 3.63) is 83.6 Å². The van der Waals surface area contributed by atoms with Gasteiger partial charge < -0.3 is 19.4 Å². The van der Waals surface area contributed by atoms with Crippen molar-refractivity contribution in [3.8, 4) is 5.95 Å². The van der Waals surface area contributed by atoms with E-state index in [2.05, 4.69) is 15.6 Å². The number of hydrogen-bond acceptors (Lipinski definition) is 6. The first-order valence-corrected chi connectivity index (χ1v) is 9.75. The second kappa shape index (κ2) is 8.85. The monoisotopic (exact) mass is 418 g/mol. The molecule has 0 aliphatic carbocycles. The summed E-state index contributed by atoms with van der Waals surface area (Å²) >= 11 is 0. The number of carbonyl (C=O) groups is 2.